The van der Waals surface area contributed by atoms with E-state index >= 15 is 0 Å². The van der Waals surface area contributed by atoms with Gasteiger partial charge in [0.15, 0.2) is 0 Å². The molecule has 2 N–H and O–H groups in total. The first-order valence-corrected chi connectivity index (χ1v) is 7.10. The van der Waals surface area contributed by atoms with Gasteiger partial charge in [0.1, 0.15) is 0 Å². The summed E-state index contributed by atoms with van der Waals surface area (Å²) in [5, 5.41) is 0. The van der Waals surface area contributed by atoms with Gasteiger partial charge in [0.25, 0.3) is 0 Å². The van der Waals surface area contributed by atoms with Crippen molar-refractivity contribution >= 4 is 0 Å². The molecule has 0 aromatic carbocycles. The molecule has 0 radical (unpaired) electrons. The molecule has 3 heteroatoms. The molecule has 0 aromatic rings. The zero-order chi connectivity index (χ0) is 12.7. The SMILES string of the molecule is CCCC1CCCN(C(C)(CN)COC)CC1. The van der Waals surface area contributed by atoms with Crippen LogP contribution in [-0.4, -0.2) is 43.8 Å². The molecule has 1 fully saturated rings. The summed E-state index contributed by atoms with van der Waals surface area (Å²) < 4.78 is 5.34. The number of nitrogens with two attached hydrogens (primary N) is 1. The molecular formula is C14H30N2O. The average Bonchev–Trinajstić information content (AvgIpc) is 2.56. The fourth-order valence-corrected chi connectivity index (χ4v) is 2.99. The third-order valence-corrected chi connectivity index (χ3v) is 4.20. The third-order valence-electron chi connectivity index (χ3n) is 4.20. The standard InChI is InChI=1S/C14H30N2O/c1-4-6-13-7-5-9-16(10-8-13)14(2,11-15)12-17-3/h13H,4-12,15H2,1-3H3. The molecule has 2 unspecified atom stereocenters. The molecule has 0 amide bonds. The van der Waals surface area contributed by atoms with E-state index in [1.165, 1.54) is 45.2 Å². The minimum atomic E-state index is 0.0237. The van der Waals surface area contributed by atoms with Gasteiger partial charge >= 0.3 is 0 Å². The number of ether oxygens (including phenoxy) is 1. The van der Waals surface area contributed by atoms with E-state index < -0.39 is 0 Å². The Morgan fingerprint density at radius 3 is 2.71 bits per heavy atom. The number of hydrogen-bond acceptors (Lipinski definition) is 3. The molecule has 1 heterocycles. The first-order chi connectivity index (χ1) is 8.16. The van der Waals surface area contributed by atoms with Crippen molar-refractivity contribution in [2.45, 2.75) is 51.5 Å². The average molecular weight is 242 g/mol. The van der Waals surface area contributed by atoms with E-state index in [0.29, 0.717) is 6.54 Å². The smallest absolute Gasteiger partial charge is 0.0656 e. The predicted molar refractivity (Wildman–Crippen MR) is 73.2 cm³/mol. The highest BCUT2D eigenvalue weighted by molar-refractivity contribution is 4.89. The Kier molecular flexibility index (Phi) is 6.45. The van der Waals surface area contributed by atoms with Crippen molar-refractivity contribution < 1.29 is 4.74 Å². The lowest BCUT2D eigenvalue weighted by Gasteiger charge is -2.39. The van der Waals surface area contributed by atoms with Crippen molar-refractivity contribution in [1.82, 2.24) is 4.90 Å². The summed E-state index contributed by atoms with van der Waals surface area (Å²) in [4.78, 5) is 2.55. The first-order valence-electron chi connectivity index (χ1n) is 7.10. The number of rotatable bonds is 6. The summed E-state index contributed by atoms with van der Waals surface area (Å²) in [5.41, 5.74) is 5.97. The van der Waals surface area contributed by atoms with Crippen molar-refractivity contribution in [3.8, 4) is 0 Å². The monoisotopic (exact) mass is 242 g/mol. The van der Waals surface area contributed by atoms with Crippen LogP contribution in [-0.2, 0) is 4.74 Å². The zero-order valence-electron chi connectivity index (χ0n) is 11.9. The summed E-state index contributed by atoms with van der Waals surface area (Å²) in [6.45, 7) is 8.30. The van der Waals surface area contributed by atoms with E-state index in [1.54, 1.807) is 7.11 Å². The van der Waals surface area contributed by atoms with Crippen LogP contribution in [0.3, 0.4) is 0 Å². The zero-order valence-corrected chi connectivity index (χ0v) is 11.9. The van der Waals surface area contributed by atoms with Crippen LogP contribution in [0, 0.1) is 5.92 Å². The Morgan fingerprint density at radius 2 is 2.12 bits per heavy atom. The summed E-state index contributed by atoms with van der Waals surface area (Å²) in [5.74, 6) is 0.926. The van der Waals surface area contributed by atoms with Gasteiger partial charge in [-0.3, -0.25) is 4.90 Å². The Labute approximate surface area is 107 Å². The molecule has 0 bridgehead atoms. The molecule has 2 atom stereocenters. The fourth-order valence-electron chi connectivity index (χ4n) is 2.99. The van der Waals surface area contributed by atoms with Crippen molar-refractivity contribution in [2.75, 3.05) is 33.4 Å². The van der Waals surface area contributed by atoms with Gasteiger partial charge < -0.3 is 10.5 Å². The van der Waals surface area contributed by atoms with Crippen molar-refractivity contribution in [3.63, 3.8) is 0 Å². The Hall–Kier alpha value is -0.120. The fraction of sp³-hybridized carbons (Fsp3) is 1.00. The molecular weight excluding hydrogens is 212 g/mol. The molecule has 1 rings (SSSR count). The third kappa shape index (κ3) is 4.23. The molecule has 1 aliphatic rings. The van der Waals surface area contributed by atoms with Gasteiger partial charge in [-0.25, -0.2) is 0 Å². The van der Waals surface area contributed by atoms with Crippen LogP contribution < -0.4 is 5.73 Å². The second-order valence-electron chi connectivity index (χ2n) is 5.71. The normalized spacial score (nSPS) is 26.5. The number of nitrogens with zero attached hydrogens (tertiary/aromatic N) is 1. The summed E-state index contributed by atoms with van der Waals surface area (Å²) >= 11 is 0. The van der Waals surface area contributed by atoms with Crippen molar-refractivity contribution in [3.05, 3.63) is 0 Å². The van der Waals surface area contributed by atoms with Gasteiger partial charge in [0.2, 0.25) is 0 Å². The summed E-state index contributed by atoms with van der Waals surface area (Å²) in [6, 6.07) is 0. The van der Waals surface area contributed by atoms with E-state index in [1.807, 2.05) is 0 Å². The molecule has 0 saturated carbocycles. The molecule has 0 spiro atoms. The van der Waals surface area contributed by atoms with Crippen LogP contribution in [0.15, 0.2) is 0 Å². The lowest BCUT2D eigenvalue weighted by atomic mass is 9.95. The summed E-state index contributed by atoms with van der Waals surface area (Å²) in [7, 11) is 1.77. The van der Waals surface area contributed by atoms with E-state index in [2.05, 4.69) is 18.7 Å². The van der Waals surface area contributed by atoms with Crippen LogP contribution in [0.2, 0.25) is 0 Å². The van der Waals surface area contributed by atoms with Gasteiger partial charge in [-0.1, -0.05) is 19.8 Å². The van der Waals surface area contributed by atoms with E-state index in [-0.39, 0.29) is 5.54 Å². The maximum absolute atomic E-state index is 5.95. The van der Waals surface area contributed by atoms with E-state index in [4.69, 9.17) is 10.5 Å². The highest BCUT2D eigenvalue weighted by Gasteiger charge is 2.31. The van der Waals surface area contributed by atoms with Crippen LogP contribution in [0.1, 0.15) is 46.0 Å². The quantitative estimate of drug-likeness (QED) is 0.776. The highest BCUT2D eigenvalue weighted by atomic mass is 16.5. The molecule has 1 aliphatic heterocycles. The lowest BCUT2D eigenvalue weighted by molar-refractivity contribution is 0.0283. The van der Waals surface area contributed by atoms with Gasteiger partial charge in [0.05, 0.1) is 12.1 Å². The molecule has 17 heavy (non-hydrogen) atoms. The van der Waals surface area contributed by atoms with Crippen molar-refractivity contribution in [2.24, 2.45) is 11.7 Å². The van der Waals surface area contributed by atoms with Crippen molar-refractivity contribution in [1.29, 1.82) is 0 Å². The molecule has 0 aliphatic carbocycles. The van der Waals surface area contributed by atoms with Crippen LogP contribution in [0.4, 0.5) is 0 Å². The number of hydrogen-bond donors (Lipinski definition) is 1. The first kappa shape index (κ1) is 14.9. The molecule has 3 nitrogen and oxygen atoms in total. The molecule has 0 aromatic heterocycles. The summed E-state index contributed by atoms with van der Waals surface area (Å²) in [6.07, 6.45) is 6.73. The maximum atomic E-state index is 5.95. The van der Waals surface area contributed by atoms with Crippen LogP contribution in [0.5, 0.6) is 0 Å². The minimum absolute atomic E-state index is 0.0237. The van der Waals surface area contributed by atoms with Gasteiger partial charge in [-0.15, -0.1) is 0 Å². The maximum Gasteiger partial charge on any atom is 0.0656 e. The van der Waals surface area contributed by atoms with Crippen LogP contribution >= 0.6 is 0 Å². The van der Waals surface area contributed by atoms with Gasteiger partial charge in [-0.2, -0.15) is 0 Å². The molecule has 102 valence electrons. The predicted octanol–water partition coefficient (Wildman–Crippen LogP) is 2.25. The van der Waals surface area contributed by atoms with Gasteiger partial charge in [-0.05, 0) is 45.2 Å². The van der Waals surface area contributed by atoms with Gasteiger partial charge in [0, 0.05) is 13.7 Å². The van der Waals surface area contributed by atoms with E-state index in [0.717, 1.165) is 12.5 Å². The largest absolute Gasteiger partial charge is 0.383 e. The van der Waals surface area contributed by atoms with E-state index in [9.17, 15) is 0 Å². The Bertz CT molecular complexity index is 210. The topological polar surface area (TPSA) is 38.5 Å². The second kappa shape index (κ2) is 7.34. The van der Waals surface area contributed by atoms with Crippen LogP contribution in [0.25, 0.3) is 0 Å². The highest BCUT2D eigenvalue weighted by Crippen LogP contribution is 2.26. The minimum Gasteiger partial charge on any atom is -0.383 e. The second-order valence-corrected chi connectivity index (χ2v) is 5.71. The Morgan fingerprint density at radius 1 is 1.35 bits per heavy atom. The lowest BCUT2D eigenvalue weighted by Crippen LogP contribution is -2.55. The number of methoxy groups -OCH3 is 1. The molecule has 1 saturated heterocycles. The Balaban J connectivity index is 2.54. The number of likely N-dealkylation sites (tertiary alicyclic amines) is 1.